The van der Waals surface area contributed by atoms with E-state index in [1.54, 1.807) is 11.0 Å². The van der Waals surface area contributed by atoms with E-state index in [1.165, 1.54) is 6.08 Å². The van der Waals surface area contributed by atoms with Crippen LogP contribution >= 0.6 is 0 Å². The predicted octanol–water partition coefficient (Wildman–Crippen LogP) is 2.46. The van der Waals surface area contributed by atoms with Crippen molar-refractivity contribution in [2.75, 3.05) is 13.1 Å². The molecule has 1 aromatic rings. The van der Waals surface area contributed by atoms with Gasteiger partial charge in [0.05, 0.1) is 6.07 Å². The van der Waals surface area contributed by atoms with Crippen molar-refractivity contribution in [3.8, 4) is 6.07 Å². The van der Waals surface area contributed by atoms with Crippen molar-refractivity contribution in [1.29, 1.82) is 5.26 Å². The lowest BCUT2D eigenvalue weighted by molar-refractivity contribution is -0.125. The molecule has 0 unspecified atom stereocenters. The van der Waals surface area contributed by atoms with Crippen molar-refractivity contribution in [3.63, 3.8) is 0 Å². The normalized spacial score (nSPS) is 10.1. The maximum Gasteiger partial charge on any atom is 0.247 e. The van der Waals surface area contributed by atoms with Crippen molar-refractivity contribution in [3.05, 3.63) is 42.0 Å². The van der Waals surface area contributed by atoms with Gasteiger partial charge in [-0.05, 0) is 18.1 Å². The summed E-state index contributed by atoms with van der Waals surface area (Å²) in [6.07, 6.45) is 4.14. The van der Waals surface area contributed by atoms with Crippen LogP contribution in [0.4, 0.5) is 0 Å². The molecule has 3 nitrogen and oxygen atoms in total. The van der Waals surface area contributed by atoms with Gasteiger partial charge in [0.15, 0.2) is 0 Å². The van der Waals surface area contributed by atoms with E-state index in [0.29, 0.717) is 6.54 Å². The zero-order valence-electron chi connectivity index (χ0n) is 9.97. The lowest BCUT2D eigenvalue weighted by Crippen LogP contribution is -2.30. The third kappa shape index (κ3) is 4.52. The van der Waals surface area contributed by atoms with Crippen LogP contribution in [0.1, 0.15) is 18.9 Å². The third-order valence-corrected chi connectivity index (χ3v) is 2.28. The van der Waals surface area contributed by atoms with Gasteiger partial charge in [-0.1, -0.05) is 37.3 Å². The highest BCUT2D eigenvalue weighted by molar-refractivity contribution is 5.91. The molecule has 0 saturated carbocycles. The summed E-state index contributed by atoms with van der Waals surface area (Å²) in [7, 11) is 0. The molecule has 88 valence electrons. The van der Waals surface area contributed by atoms with E-state index in [9.17, 15) is 4.79 Å². The summed E-state index contributed by atoms with van der Waals surface area (Å²) in [5.41, 5.74) is 0.981. The van der Waals surface area contributed by atoms with Crippen LogP contribution in [0.15, 0.2) is 36.4 Å². The van der Waals surface area contributed by atoms with Crippen LogP contribution in [0.25, 0.3) is 6.08 Å². The smallest absolute Gasteiger partial charge is 0.247 e. The van der Waals surface area contributed by atoms with Crippen LogP contribution in [0.2, 0.25) is 0 Å². The highest BCUT2D eigenvalue weighted by Gasteiger charge is 2.07. The molecule has 0 aliphatic rings. The van der Waals surface area contributed by atoms with Crippen molar-refractivity contribution in [2.45, 2.75) is 13.3 Å². The van der Waals surface area contributed by atoms with Crippen molar-refractivity contribution in [1.82, 2.24) is 4.90 Å². The van der Waals surface area contributed by atoms with Gasteiger partial charge in [0.25, 0.3) is 0 Å². The number of amides is 1. The Labute approximate surface area is 102 Å². The van der Waals surface area contributed by atoms with E-state index in [0.717, 1.165) is 12.0 Å². The zero-order valence-corrected chi connectivity index (χ0v) is 9.97. The quantitative estimate of drug-likeness (QED) is 0.574. The first kappa shape index (κ1) is 13.0. The molecule has 17 heavy (non-hydrogen) atoms. The van der Waals surface area contributed by atoms with Gasteiger partial charge in [-0.2, -0.15) is 5.26 Å². The van der Waals surface area contributed by atoms with Crippen molar-refractivity contribution in [2.24, 2.45) is 0 Å². The van der Waals surface area contributed by atoms with Crippen LogP contribution in [-0.4, -0.2) is 23.9 Å². The summed E-state index contributed by atoms with van der Waals surface area (Å²) in [4.78, 5) is 13.3. The van der Waals surface area contributed by atoms with Crippen LogP contribution in [0, 0.1) is 11.3 Å². The van der Waals surface area contributed by atoms with Gasteiger partial charge in [-0.3, -0.25) is 4.79 Å². The average molecular weight is 228 g/mol. The highest BCUT2D eigenvalue weighted by Crippen LogP contribution is 2.02. The number of rotatable bonds is 5. The fraction of sp³-hybridized carbons (Fsp3) is 0.286. The minimum absolute atomic E-state index is 0.114. The Kier molecular flexibility index (Phi) is 5.53. The molecule has 1 rings (SSSR count). The Morgan fingerprint density at radius 2 is 2.12 bits per heavy atom. The van der Waals surface area contributed by atoms with Crippen molar-refractivity contribution >= 4 is 12.0 Å². The largest absolute Gasteiger partial charge is 0.326 e. The minimum atomic E-state index is -0.114. The van der Waals surface area contributed by atoms with Crippen molar-refractivity contribution < 1.29 is 4.79 Å². The molecule has 0 N–H and O–H groups in total. The summed E-state index contributed by atoms with van der Waals surface area (Å²) in [6.45, 7) is 2.75. The molecule has 0 aliphatic heterocycles. The second-order valence-corrected chi connectivity index (χ2v) is 3.66. The molecule has 1 aromatic carbocycles. The van der Waals surface area contributed by atoms with E-state index in [4.69, 9.17) is 5.26 Å². The minimum Gasteiger partial charge on any atom is -0.326 e. The molecule has 0 spiro atoms. The first-order valence-corrected chi connectivity index (χ1v) is 5.67. The Balaban J connectivity index is 2.64. The van der Waals surface area contributed by atoms with Crippen LogP contribution in [0.3, 0.4) is 0 Å². The second-order valence-electron chi connectivity index (χ2n) is 3.66. The molecule has 0 aliphatic carbocycles. The first-order chi connectivity index (χ1) is 8.27. The monoisotopic (exact) mass is 228 g/mol. The van der Waals surface area contributed by atoms with Gasteiger partial charge in [-0.25, -0.2) is 0 Å². The molecule has 1 amide bonds. The lowest BCUT2D eigenvalue weighted by atomic mass is 10.2. The molecule has 0 aromatic heterocycles. The SMILES string of the molecule is CCCN(CC#N)C(=O)/C=C/c1ccccc1. The van der Waals surface area contributed by atoms with E-state index < -0.39 is 0 Å². The molecular weight excluding hydrogens is 212 g/mol. The molecular formula is C14H16N2O. The number of hydrogen-bond acceptors (Lipinski definition) is 2. The summed E-state index contributed by atoms with van der Waals surface area (Å²) >= 11 is 0. The van der Waals surface area contributed by atoms with E-state index in [2.05, 4.69) is 0 Å². The molecule has 0 radical (unpaired) electrons. The number of carbonyl (C=O) groups excluding carboxylic acids is 1. The third-order valence-electron chi connectivity index (χ3n) is 2.28. The lowest BCUT2D eigenvalue weighted by Gasteiger charge is -2.16. The summed E-state index contributed by atoms with van der Waals surface area (Å²) in [5, 5.41) is 8.63. The fourth-order valence-electron chi connectivity index (χ4n) is 1.46. The van der Waals surface area contributed by atoms with Gasteiger partial charge in [0, 0.05) is 12.6 Å². The van der Waals surface area contributed by atoms with Gasteiger partial charge < -0.3 is 4.90 Å². The Morgan fingerprint density at radius 3 is 2.71 bits per heavy atom. The topological polar surface area (TPSA) is 44.1 Å². The van der Waals surface area contributed by atoms with Crippen LogP contribution in [0.5, 0.6) is 0 Å². The molecule has 0 bridgehead atoms. The van der Waals surface area contributed by atoms with Crippen LogP contribution < -0.4 is 0 Å². The number of nitriles is 1. The van der Waals surface area contributed by atoms with E-state index >= 15 is 0 Å². The maximum absolute atomic E-state index is 11.8. The molecule has 0 saturated heterocycles. The standard InChI is InChI=1S/C14H16N2O/c1-2-11-16(12-10-15)14(17)9-8-13-6-4-3-5-7-13/h3-9H,2,11-12H2,1H3/b9-8+. The molecule has 0 fully saturated rings. The average Bonchev–Trinajstić information content (AvgIpc) is 2.37. The summed E-state index contributed by atoms with van der Waals surface area (Å²) in [6, 6.07) is 11.6. The highest BCUT2D eigenvalue weighted by atomic mass is 16.2. The predicted molar refractivity (Wildman–Crippen MR) is 68.0 cm³/mol. The maximum atomic E-state index is 11.8. The first-order valence-electron chi connectivity index (χ1n) is 5.67. The second kappa shape index (κ2) is 7.24. The number of nitrogens with zero attached hydrogens (tertiary/aromatic N) is 2. The Morgan fingerprint density at radius 1 is 1.41 bits per heavy atom. The van der Waals surface area contributed by atoms with E-state index in [1.807, 2.05) is 43.3 Å². The summed E-state index contributed by atoms with van der Waals surface area (Å²) < 4.78 is 0. The number of carbonyl (C=O) groups is 1. The van der Waals surface area contributed by atoms with Crippen LogP contribution in [-0.2, 0) is 4.79 Å². The molecule has 0 atom stereocenters. The van der Waals surface area contributed by atoms with Gasteiger partial charge >= 0.3 is 0 Å². The number of benzene rings is 1. The molecule has 3 heteroatoms. The van der Waals surface area contributed by atoms with Gasteiger partial charge in [0.1, 0.15) is 6.54 Å². The fourth-order valence-corrected chi connectivity index (χ4v) is 1.46. The van der Waals surface area contributed by atoms with E-state index in [-0.39, 0.29) is 12.5 Å². The summed E-state index contributed by atoms with van der Waals surface area (Å²) in [5.74, 6) is -0.114. The zero-order chi connectivity index (χ0) is 12.5. The van der Waals surface area contributed by atoms with Gasteiger partial charge in [-0.15, -0.1) is 0 Å². The van der Waals surface area contributed by atoms with Gasteiger partial charge in [0.2, 0.25) is 5.91 Å². The molecule has 0 heterocycles. The number of hydrogen-bond donors (Lipinski definition) is 0. The Hall–Kier alpha value is -2.08. The Bertz CT molecular complexity index is 418.